The summed E-state index contributed by atoms with van der Waals surface area (Å²) in [6, 6.07) is 9.39. The number of methoxy groups -OCH3 is 1. The lowest BCUT2D eigenvalue weighted by Crippen LogP contribution is -1.91. The Labute approximate surface area is 109 Å². The maximum Gasteiger partial charge on any atom is 0.118 e. The summed E-state index contributed by atoms with van der Waals surface area (Å²) < 4.78 is 21.8. The van der Waals surface area contributed by atoms with E-state index >= 15 is 0 Å². The molecule has 0 amide bonds. The van der Waals surface area contributed by atoms with Gasteiger partial charge in [-0.25, -0.2) is 0 Å². The third kappa shape index (κ3) is 3.60. The van der Waals surface area contributed by atoms with Crippen LogP contribution in [-0.4, -0.2) is 11.3 Å². The lowest BCUT2D eigenvalue weighted by molar-refractivity contribution is 0.414. The van der Waals surface area contributed by atoms with Crippen molar-refractivity contribution in [1.82, 2.24) is 0 Å². The zero-order valence-electron chi connectivity index (χ0n) is 10.0. The van der Waals surface area contributed by atoms with Gasteiger partial charge in [0.25, 0.3) is 0 Å². The van der Waals surface area contributed by atoms with Crippen molar-refractivity contribution >= 4 is 16.9 Å². The van der Waals surface area contributed by atoms with E-state index in [2.05, 4.69) is 0 Å². The Morgan fingerprint density at radius 1 is 1.28 bits per heavy atom. The third-order valence-corrected chi connectivity index (χ3v) is 3.48. The van der Waals surface area contributed by atoms with Crippen LogP contribution in [0.1, 0.15) is 11.1 Å². The summed E-state index contributed by atoms with van der Waals surface area (Å²) in [6.45, 7) is 0. The van der Waals surface area contributed by atoms with E-state index in [0.717, 1.165) is 16.9 Å². The molecule has 1 unspecified atom stereocenters. The maximum absolute atomic E-state index is 11.8. The van der Waals surface area contributed by atoms with Gasteiger partial charge < -0.3 is 9.15 Å². The van der Waals surface area contributed by atoms with E-state index < -0.39 is 10.8 Å². The van der Waals surface area contributed by atoms with Gasteiger partial charge in [-0.3, -0.25) is 4.21 Å². The van der Waals surface area contributed by atoms with Crippen LogP contribution in [0.25, 0.3) is 6.08 Å². The highest BCUT2D eigenvalue weighted by molar-refractivity contribution is 7.87. The molecule has 0 saturated heterocycles. The minimum absolute atomic E-state index is 0.498. The molecular weight excluding hydrogens is 248 g/mol. The Morgan fingerprint density at radius 3 is 2.67 bits per heavy atom. The number of furan rings is 1. The van der Waals surface area contributed by atoms with Gasteiger partial charge in [-0.05, 0) is 29.8 Å². The molecule has 1 aromatic carbocycles. The summed E-state index contributed by atoms with van der Waals surface area (Å²) >= 11 is 0. The van der Waals surface area contributed by atoms with E-state index in [0.29, 0.717) is 5.75 Å². The minimum Gasteiger partial charge on any atom is -0.497 e. The van der Waals surface area contributed by atoms with Gasteiger partial charge in [0.1, 0.15) is 5.75 Å². The monoisotopic (exact) mass is 262 g/mol. The average Bonchev–Trinajstić information content (AvgIpc) is 2.90. The number of ether oxygens (including phenoxy) is 1. The molecule has 0 aliphatic heterocycles. The van der Waals surface area contributed by atoms with Crippen LogP contribution in [0, 0.1) is 0 Å². The molecule has 0 bridgehead atoms. The Balaban J connectivity index is 1.94. The highest BCUT2D eigenvalue weighted by Gasteiger charge is 1.99. The van der Waals surface area contributed by atoms with Crippen LogP contribution in [0.2, 0.25) is 0 Å². The van der Waals surface area contributed by atoms with E-state index in [1.165, 1.54) is 0 Å². The fourth-order valence-corrected chi connectivity index (χ4v) is 2.38. The predicted molar refractivity (Wildman–Crippen MR) is 72.6 cm³/mol. The molecule has 0 N–H and O–H groups in total. The second-order valence-electron chi connectivity index (χ2n) is 3.73. The molecule has 0 aliphatic carbocycles. The van der Waals surface area contributed by atoms with E-state index in [-0.39, 0.29) is 0 Å². The van der Waals surface area contributed by atoms with Gasteiger partial charge in [-0.2, -0.15) is 0 Å². The molecule has 2 aromatic rings. The summed E-state index contributed by atoms with van der Waals surface area (Å²) in [6.07, 6.45) is 5.00. The number of hydrogen-bond donors (Lipinski definition) is 0. The fraction of sp³-hybridized carbons (Fsp3) is 0.143. The van der Waals surface area contributed by atoms with Gasteiger partial charge >= 0.3 is 0 Å². The van der Waals surface area contributed by atoms with Crippen molar-refractivity contribution in [3.8, 4) is 5.75 Å². The summed E-state index contributed by atoms with van der Waals surface area (Å²) in [5, 5.41) is 1.68. The van der Waals surface area contributed by atoms with E-state index in [4.69, 9.17) is 9.15 Å². The normalized spacial score (nSPS) is 12.7. The number of hydrogen-bond acceptors (Lipinski definition) is 3. The molecule has 2 rings (SSSR count). The lowest BCUT2D eigenvalue weighted by atomic mass is 10.2. The van der Waals surface area contributed by atoms with Crippen molar-refractivity contribution in [3.63, 3.8) is 0 Å². The molecule has 0 aliphatic rings. The predicted octanol–water partition coefficient (Wildman–Crippen LogP) is 3.21. The quantitative estimate of drug-likeness (QED) is 0.830. The molecule has 1 aromatic heterocycles. The van der Waals surface area contributed by atoms with Crippen LogP contribution >= 0.6 is 0 Å². The highest BCUT2D eigenvalue weighted by Crippen LogP contribution is 2.13. The molecular formula is C14H14O3S. The zero-order valence-corrected chi connectivity index (χ0v) is 10.9. The van der Waals surface area contributed by atoms with E-state index in [9.17, 15) is 4.21 Å². The molecule has 18 heavy (non-hydrogen) atoms. The second-order valence-corrected chi connectivity index (χ2v) is 5.05. The van der Waals surface area contributed by atoms with Crippen LogP contribution in [0.3, 0.4) is 0 Å². The van der Waals surface area contributed by atoms with Crippen LogP contribution < -0.4 is 4.74 Å². The first-order valence-electron chi connectivity index (χ1n) is 5.48. The standard InChI is InChI=1S/C14H14O3S/c1-16-14-4-2-13(3-5-14)11-18(15)9-7-12-6-8-17-10-12/h2-10H,11H2,1H3/b9-7+. The van der Waals surface area contributed by atoms with Gasteiger partial charge in [-0.1, -0.05) is 12.1 Å². The smallest absolute Gasteiger partial charge is 0.118 e. The molecule has 94 valence electrons. The van der Waals surface area contributed by atoms with Crippen LogP contribution in [0.5, 0.6) is 5.75 Å². The zero-order chi connectivity index (χ0) is 12.8. The molecule has 0 radical (unpaired) electrons. The Bertz CT molecular complexity index is 527. The average molecular weight is 262 g/mol. The van der Waals surface area contributed by atoms with Crippen molar-refractivity contribution < 1.29 is 13.4 Å². The van der Waals surface area contributed by atoms with Crippen molar-refractivity contribution in [2.45, 2.75) is 5.75 Å². The van der Waals surface area contributed by atoms with Crippen molar-refractivity contribution in [1.29, 1.82) is 0 Å². The molecule has 1 heterocycles. The van der Waals surface area contributed by atoms with E-state index in [1.807, 2.05) is 30.3 Å². The first kappa shape index (κ1) is 12.6. The molecule has 4 heteroatoms. The topological polar surface area (TPSA) is 39.4 Å². The third-order valence-electron chi connectivity index (χ3n) is 2.42. The maximum atomic E-state index is 11.8. The van der Waals surface area contributed by atoms with Crippen molar-refractivity contribution in [2.75, 3.05) is 7.11 Å². The van der Waals surface area contributed by atoms with Gasteiger partial charge in [0.2, 0.25) is 0 Å². The van der Waals surface area contributed by atoms with Crippen molar-refractivity contribution in [2.24, 2.45) is 0 Å². The van der Waals surface area contributed by atoms with Crippen LogP contribution in [0.15, 0.2) is 52.7 Å². The SMILES string of the molecule is COc1ccc(CS(=O)/C=C/c2ccoc2)cc1. The number of benzene rings is 1. The molecule has 0 saturated carbocycles. The Morgan fingerprint density at radius 2 is 2.06 bits per heavy atom. The summed E-state index contributed by atoms with van der Waals surface area (Å²) in [5.74, 6) is 1.30. The highest BCUT2D eigenvalue weighted by atomic mass is 32.2. The lowest BCUT2D eigenvalue weighted by Gasteiger charge is -2.01. The summed E-state index contributed by atoms with van der Waals surface area (Å²) in [7, 11) is 0.599. The van der Waals surface area contributed by atoms with Gasteiger partial charge in [-0.15, -0.1) is 0 Å². The van der Waals surface area contributed by atoms with Gasteiger partial charge in [0.05, 0.1) is 36.2 Å². The first-order chi connectivity index (χ1) is 8.78. The van der Waals surface area contributed by atoms with Gasteiger partial charge in [0, 0.05) is 11.0 Å². The first-order valence-corrected chi connectivity index (χ1v) is 6.86. The number of rotatable bonds is 5. The fourth-order valence-electron chi connectivity index (χ4n) is 1.46. The van der Waals surface area contributed by atoms with E-state index in [1.54, 1.807) is 31.1 Å². The molecule has 1 atom stereocenters. The largest absolute Gasteiger partial charge is 0.497 e. The Kier molecular flexibility index (Phi) is 4.36. The Hall–Kier alpha value is -1.81. The second kappa shape index (κ2) is 6.21. The molecule has 0 spiro atoms. The minimum atomic E-state index is -1.03. The molecule has 0 fully saturated rings. The summed E-state index contributed by atoms with van der Waals surface area (Å²) in [5.41, 5.74) is 1.93. The van der Waals surface area contributed by atoms with Crippen LogP contribution in [0.4, 0.5) is 0 Å². The van der Waals surface area contributed by atoms with Crippen LogP contribution in [-0.2, 0) is 16.6 Å². The van der Waals surface area contributed by atoms with Gasteiger partial charge in [0.15, 0.2) is 0 Å². The molecule has 3 nitrogen and oxygen atoms in total. The van der Waals surface area contributed by atoms with Crippen molar-refractivity contribution in [3.05, 3.63) is 59.4 Å². The summed E-state index contributed by atoms with van der Waals surface area (Å²) in [4.78, 5) is 0.